The Bertz CT molecular complexity index is 739. The van der Waals surface area contributed by atoms with Crippen molar-refractivity contribution in [3.8, 4) is 0 Å². The zero-order valence-corrected chi connectivity index (χ0v) is 11.0. The Kier molecular flexibility index (Phi) is 2.99. The van der Waals surface area contributed by atoms with Crippen molar-refractivity contribution in [3.63, 3.8) is 0 Å². The van der Waals surface area contributed by atoms with Crippen LogP contribution >= 0.6 is 0 Å². The number of nitrogens with one attached hydrogen (secondary N) is 1. The van der Waals surface area contributed by atoms with E-state index in [0.29, 0.717) is 5.69 Å². The zero-order valence-electron chi connectivity index (χ0n) is 11.0. The maximum absolute atomic E-state index is 11.1. The van der Waals surface area contributed by atoms with Gasteiger partial charge in [-0.25, -0.2) is 0 Å². The molecular formula is C11H10N6O5. The van der Waals surface area contributed by atoms with Gasteiger partial charge in [0.15, 0.2) is 0 Å². The van der Waals surface area contributed by atoms with E-state index in [-0.39, 0.29) is 30.2 Å². The molecule has 0 spiro atoms. The van der Waals surface area contributed by atoms with E-state index in [4.69, 9.17) is 0 Å². The first-order valence-corrected chi connectivity index (χ1v) is 6.17. The summed E-state index contributed by atoms with van der Waals surface area (Å²) in [7, 11) is 0. The molecule has 114 valence electrons. The molecule has 22 heavy (non-hydrogen) atoms. The minimum atomic E-state index is -1.25. The topological polar surface area (TPSA) is 151 Å². The first-order chi connectivity index (χ1) is 10.4. The minimum absolute atomic E-state index is 0.0815. The second-order valence-electron chi connectivity index (χ2n) is 4.93. The van der Waals surface area contributed by atoms with Gasteiger partial charge < -0.3 is 10.0 Å². The number of aromatic nitrogens is 3. The van der Waals surface area contributed by atoms with E-state index >= 15 is 0 Å². The van der Waals surface area contributed by atoms with Crippen LogP contribution in [-0.4, -0.2) is 43.5 Å². The molecule has 0 unspecified atom stereocenters. The van der Waals surface area contributed by atoms with Gasteiger partial charge in [0.25, 0.3) is 11.4 Å². The first-order valence-electron chi connectivity index (χ1n) is 6.17. The highest BCUT2D eigenvalue weighted by Gasteiger charge is 2.46. The van der Waals surface area contributed by atoms with Crippen molar-refractivity contribution in [2.75, 3.05) is 18.0 Å². The molecule has 2 aromatic rings. The number of non-ortho nitro benzene ring substituents is 1. The molecule has 0 saturated carbocycles. The molecule has 1 aliphatic rings. The van der Waals surface area contributed by atoms with Crippen LogP contribution in [0.3, 0.4) is 0 Å². The summed E-state index contributed by atoms with van der Waals surface area (Å²) in [6.07, 6.45) is 1.38. The van der Waals surface area contributed by atoms with E-state index in [1.165, 1.54) is 18.3 Å². The van der Waals surface area contributed by atoms with Crippen molar-refractivity contribution in [3.05, 3.63) is 50.3 Å². The summed E-state index contributed by atoms with van der Waals surface area (Å²) >= 11 is 0. The van der Waals surface area contributed by atoms with Crippen molar-refractivity contribution < 1.29 is 15.0 Å². The summed E-state index contributed by atoms with van der Waals surface area (Å²) in [6.45, 7) is 0.163. The fourth-order valence-electron chi connectivity index (χ4n) is 2.38. The minimum Gasteiger partial charge on any atom is -0.380 e. The zero-order chi connectivity index (χ0) is 15.9. The van der Waals surface area contributed by atoms with Crippen molar-refractivity contribution in [1.82, 2.24) is 15.4 Å². The molecule has 0 aliphatic carbocycles. The number of nitro benzene ring substituents is 2. The van der Waals surface area contributed by atoms with Crippen LogP contribution in [0.15, 0.2) is 24.4 Å². The molecular weight excluding hydrogens is 296 g/mol. The number of aliphatic hydroxyl groups is 1. The maximum atomic E-state index is 11.1. The highest BCUT2D eigenvalue weighted by molar-refractivity contribution is 5.68. The number of anilines is 1. The van der Waals surface area contributed by atoms with Crippen LogP contribution in [0.1, 0.15) is 5.69 Å². The number of rotatable bonds is 4. The Morgan fingerprint density at radius 3 is 2.55 bits per heavy atom. The highest BCUT2D eigenvalue weighted by Crippen LogP contribution is 2.39. The van der Waals surface area contributed by atoms with Crippen LogP contribution < -0.4 is 4.90 Å². The van der Waals surface area contributed by atoms with Crippen LogP contribution in [0.2, 0.25) is 0 Å². The van der Waals surface area contributed by atoms with Gasteiger partial charge in [-0.3, -0.25) is 20.2 Å². The molecule has 0 atom stereocenters. The number of hydrogen-bond donors (Lipinski definition) is 2. The van der Waals surface area contributed by atoms with E-state index in [0.717, 1.165) is 6.07 Å². The smallest absolute Gasteiger partial charge is 0.299 e. The predicted molar refractivity (Wildman–Crippen MR) is 72.2 cm³/mol. The molecule has 0 bridgehead atoms. The van der Waals surface area contributed by atoms with Gasteiger partial charge in [-0.1, -0.05) is 0 Å². The largest absolute Gasteiger partial charge is 0.380 e. The van der Waals surface area contributed by atoms with Crippen LogP contribution in [0.5, 0.6) is 0 Å². The lowest BCUT2D eigenvalue weighted by Crippen LogP contribution is -2.60. The average molecular weight is 306 g/mol. The number of aromatic amines is 1. The first kappa shape index (κ1) is 13.9. The van der Waals surface area contributed by atoms with Gasteiger partial charge in [0.1, 0.15) is 17.0 Å². The Hall–Kier alpha value is -3.08. The Morgan fingerprint density at radius 1 is 1.27 bits per heavy atom. The number of benzene rings is 1. The lowest BCUT2D eigenvalue weighted by molar-refractivity contribution is -0.393. The number of hydrogen-bond acceptors (Lipinski definition) is 8. The van der Waals surface area contributed by atoms with Crippen molar-refractivity contribution in [2.24, 2.45) is 0 Å². The summed E-state index contributed by atoms with van der Waals surface area (Å²) in [4.78, 5) is 22.0. The van der Waals surface area contributed by atoms with E-state index in [2.05, 4.69) is 15.4 Å². The third-order valence-electron chi connectivity index (χ3n) is 3.50. The van der Waals surface area contributed by atoms with Gasteiger partial charge in [-0.15, -0.1) is 0 Å². The molecule has 1 aromatic carbocycles. The molecule has 2 N–H and O–H groups in total. The van der Waals surface area contributed by atoms with Crippen LogP contribution in [0, 0.1) is 20.2 Å². The molecule has 1 saturated heterocycles. The Morgan fingerprint density at radius 2 is 2.00 bits per heavy atom. The summed E-state index contributed by atoms with van der Waals surface area (Å²) in [5, 5.41) is 41.9. The van der Waals surface area contributed by atoms with Gasteiger partial charge in [-0.05, 0) is 6.07 Å². The van der Waals surface area contributed by atoms with Crippen LogP contribution in [-0.2, 0) is 5.60 Å². The van der Waals surface area contributed by atoms with E-state index in [9.17, 15) is 25.3 Å². The molecule has 3 rings (SSSR count). The van der Waals surface area contributed by atoms with Crippen LogP contribution in [0.4, 0.5) is 17.1 Å². The molecule has 11 nitrogen and oxygen atoms in total. The molecule has 0 radical (unpaired) electrons. The SMILES string of the molecule is O=[N+]([O-])c1ccc(N2CC(O)(c3cn[nH]n3)C2)c([N+](=O)[O-])c1. The van der Waals surface area contributed by atoms with Gasteiger partial charge >= 0.3 is 0 Å². The average Bonchev–Trinajstić information content (AvgIpc) is 2.97. The van der Waals surface area contributed by atoms with E-state index in [1.807, 2.05) is 0 Å². The third kappa shape index (κ3) is 2.13. The van der Waals surface area contributed by atoms with Crippen molar-refractivity contribution in [1.29, 1.82) is 0 Å². The summed E-state index contributed by atoms with van der Waals surface area (Å²) in [6, 6.07) is 3.40. The lowest BCUT2D eigenvalue weighted by atomic mass is 9.90. The Balaban J connectivity index is 1.88. The molecule has 1 aromatic heterocycles. The number of nitrogens with zero attached hydrogens (tertiary/aromatic N) is 5. The van der Waals surface area contributed by atoms with Gasteiger partial charge in [0.2, 0.25) is 0 Å². The molecule has 1 aliphatic heterocycles. The third-order valence-corrected chi connectivity index (χ3v) is 3.50. The fraction of sp³-hybridized carbons (Fsp3) is 0.273. The van der Waals surface area contributed by atoms with Crippen molar-refractivity contribution in [2.45, 2.75) is 5.60 Å². The normalized spacial score (nSPS) is 16.1. The second kappa shape index (κ2) is 4.73. The predicted octanol–water partition coefficient (Wildman–Crippen LogP) is 0.329. The number of β-amino-alcohol motifs (C(OH)–C–C–N with tert-alkyl or cyclic N) is 1. The van der Waals surface area contributed by atoms with Gasteiger partial charge in [-0.2, -0.15) is 15.4 Å². The fourth-order valence-corrected chi connectivity index (χ4v) is 2.38. The van der Waals surface area contributed by atoms with Gasteiger partial charge in [0, 0.05) is 6.07 Å². The molecule has 0 amide bonds. The quantitative estimate of drug-likeness (QED) is 0.605. The maximum Gasteiger partial charge on any atom is 0.299 e. The van der Waals surface area contributed by atoms with Crippen LogP contribution in [0.25, 0.3) is 0 Å². The standard InChI is InChI=1S/C11H10N6O5/c18-11(10-4-12-14-13-10)5-15(6-11)8-2-1-7(16(19)20)3-9(8)17(21)22/h1-4,18H,5-6H2,(H,12,13,14). The van der Waals surface area contributed by atoms with Crippen molar-refractivity contribution >= 4 is 17.1 Å². The summed E-state index contributed by atoms with van der Waals surface area (Å²) in [5.74, 6) is 0. The highest BCUT2D eigenvalue weighted by atomic mass is 16.6. The monoisotopic (exact) mass is 306 g/mol. The Labute approximate surface area is 122 Å². The molecule has 2 heterocycles. The molecule has 1 fully saturated rings. The number of H-pyrrole nitrogens is 1. The summed E-state index contributed by atoms with van der Waals surface area (Å²) in [5.41, 5.74) is -1.43. The van der Waals surface area contributed by atoms with Gasteiger partial charge in [0.05, 0.1) is 35.2 Å². The second-order valence-corrected chi connectivity index (χ2v) is 4.93. The number of nitro groups is 2. The molecule has 11 heteroatoms. The lowest BCUT2D eigenvalue weighted by Gasteiger charge is -2.46. The van der Waals surface area contributed by atoms with E-state index in [1.54, 1.807) is 4.90 Å². The summed E-state index contributed by atoms with van der Waals surface area (Å²) < 4.78 is 0. The van der Waals surface area contributed by atoms with E-state index < -0.39 is 15.4 Å².